The first kappa shape index (κ1) is 12.0. The van der Waals surface area contributed by atoms with Crippen LogP contribution in [0.2, 0.25) is 0 Å². The summed E-state index contributed by atoms with van der Waals surface area (Å²) < 4.78 is 13.6. The van der Waals surface area contributed by atoms with Crippen molar-refractivity contribution in [2.24, 2.45) is 0 Å². The molecule has 1 fully saturated rings. The summed E-state index contributed by atoms with van der Waals surface area (Å²) >= 11 is 0. The molecule has 1 aliphatic heterocycles. The molecule has 1 amide bonds. The van der Waals surface area contributed by atoms with E-state index in [0.717, 1.165) is 25.1 Å². The highest BCUT2D eigenvalue weighted by Gasteiger charge is 2.26. The van der Waals surface area contributed by atoms with E-state index >= 15 is 0 Å². The van der Waals surface area contributed by atoms with Crippen molar-refractivity contribution < 1.29 is 9.18 Å². The third-order valence-corrected chi connectivity index (χ3v) is 3.26. The first-order chi connectivity index (χ1) is 8.20. The molecule has 1 N–H and O–H groups in total. The molecule has 17 heavy (non-hydrogen) atoms. The Morgan fingerprint density at radius 3 is 3.00 bits per heavy atom. The van der Waals surface area contributed by atoms with Gasteiger partial charge in [-0.2, -0.15) is 0 Å². The lowest BCUT2D eigenvalue weighted by Crippen LogP contribution is -2.34. The first-order valence-corrected chi connectivity index (χ1v) is 5.88. The summed E-state index contributed by atoms with van der Waals surface area (Å²) in [6.07, 6.45) is 0.915. The zero-order valence-electron chi connectivity index (χ0n) is 9.95. The van der Waals surface area contributed by atoms with Crippen LogP contribution in [0.5, 0.6) is 0 Å². The van der Waals surface area contributed by atoms with Gasteiger partial charge in [0, 0.05) is 19.5 Å². The number of rotatable bonds is 3. The fourth-order valence-corrected chi connectivity index (χ4v) is 2.32. The van der Waals surface area contributed by atoms with Crippen molar-refractivity contribution in [3.63, 3.8) is 0 Å². The Morgan fingerprint density at radius 2 is 2.29 bits per heavy atom. The second kappa shape index (κ2) is 5.27. The SMILES string of the molecule is CNC(=O)CN1CC[C@H](c2ccccc2F)C1. The predicted octanol–water partition coefficient (Wildman–Crippen LogP) is 1.36. The average molecular weight is 236 g/mol. The van der Waals surface area contributed by atoms with E-state index in [1.54, 1.807) is 13.1 Å². The Bertz CT molecular complexity index is 408. The lowest BCUT2D eigenvalue weighted by Gasteiger charge is -2.15. The number of likely N-dealkylation sites (N-methyl/N-ethyl adjacent to an activating group) is 1. The van der Waals surface area contributed by atoms with E-state index < -0.39 is 0 Å². The normalized spacial score (nSPS) is 20.5. The Hall–Kier alpha value is -1.42. The molecular formula is C13H17FN2O. The molecule has 0 aromatic heterocycles. The van der Waals surface area contributed by atoms with Crippen molar-refractivity contribution in [2.75, 3.05) is 26.7 Å². The van der Waals surface area contributed by atoms with Crippen LogP contribution in [-0.2, 0) is 4.79 Å². The molecule has 1 atom stereocenters. The Morgan fingerprint density at radius 1 is 1.53 bits per heavy atom. The van der Waals surface area contributed by atoms with E-state index in [1.165, 1.54) is 6.07 Å². The van der Waals surface area contributed by atoms with Gasteiger partial charge in [0.05, 0.1) is 6.54 Å². The van der Waals surface area contributed by atoms with Crippen LogP contribution in [-0.4, -0.2) is 37.5 Å². The standard InChI is InChI=1S/C13H17FN2O/c1-15-13(17)9-16-7-6-10(8-16)11-4-2-3-5-12(11)14/h2-5,10H,6-9H2,1H3,(H,15,17)/t10-/m0/s1. The first-order valence-electron chi connectivity index (χ1n) is 5.88. The molecule has 0 spiro atoms. The van der Waals surface area contributed by atoms with Gasteiger partial charge >= 0.3 is 0 Å². The lowest BCUT2D eigenvalue weighted by atomic mass is 9.98. The van der Waals surface area contributed by atoms with Crippen LogP contribution in [0.4, 0.5) is 4.39 Å². The zero-order chi connectivity index (χ0) is 12.3. The maximum atomic E-state index is 13.6. The summed E-state index contributed by atoms with van der Waals surface area (Å²) in [5, 5.41) is 2.60. The summed E-state index contributed by atoms with van der Waals surface area (Å²) in [5.41, 5.74) is 0.770. The van der Waals surface area contributed by atoms with E-state index in [0.29, 0.717) is 6.54 Å². The van der Waals surface area contributed by atoms with Crippen molar-refractivity contribution >= 4 is 5.91 Å². The fraction of sp³-hybridized carbons (Fsp3) is 0.462. The molecular weight excluding hydrogens is 219 g/mol. The van der Waals surface area contributed by atoms with Crippen LogP contribution in [0, 0.1) is 5.82 Å². The monoisotopic (exact) mass is 236 g/mol. The largest absolute Gasteiger partial charge is 0.358 e. The van der Waals surface area contributed by atoms with Gasteiger partial charge < -0.3 is 5.32 Å². The Balaban J connectivity index is 1.98. The molecule has 4 heteroatoms. The van der Waals surface area contributed by atoms with Gasteiger partial charge in [0.2, 0.25) is 5.91 Å². The van der Waals surface area contributed by atoms with E-state index in [4.69, 9.17) is 0 Å². The molecule has 0 saturated carbocycles. The quantitative estimate of drug-likeness (QED) is 0.859. The number of benzene rings is 1. The number of likely N-dealkylation sites (tertiary alicyclic amines) is 1. The molecule has 1 heterocycles. The molecule has 1 aromatic rings. The third kappa shape index (κ3) is 2.82. The van der Waals surface area contributed by atoms with Crippen molar-refractivity contribution in [2.45, 2.75) is 12.3 Å². The lowest BCUT2D eigenvalue weighted by molar-refractivity contribution is -0.121. The molecule has 1 aliphatic rings. The summed E-state index contributed by atoms with van der Waals surface area (Å²) in [5.74, 6) is 0.0827. The van der Waals surface area contributed by atoms with Crippen molar-refractivity contribution in [3.05, 3.63) is 35.6 Å². The van der Waals surface area contributed by atoms with Gasteiger partial charge in [0.15, 0.2) is 0 Å². The number of halogens is 1. The van der Waals surface area contributed by atoms with Gasteiger partial charge in [-0.3, -0.25) is 9.69 Å². The summed E-state index contributed by atoms with van der Waals surface area (Å²) in [4.78, 5) is 13.3. The molecule has 1 aromatic carbocycles. The zero-order valence-corrected chi connectivity index (χ0v) is 9.95. The molecule has 92 valence electrons. The molecule has 2 rings (SSSR count). The van der Waals surface area contributed by atoms with E-state index in [2.05, 4.69) is 10.2 Å². The van der Waals surface area contributed by atoms with Crippen LogP contribution in [0.25, 0.3) is 0 Å². The van der Waals surface area contributed by atoms with Crippen molar-refractivity contribution in [1.29, 1.82) is 0 Å². The van der Waals surface area contributed by atoms with Gasteiger partial charge in [-0.15, -0.1) is 0 Å². The molecule has 1 saturated heterocycles. The Labute approximate surface area is 101 Å². The minimum absolute atomic E-state index is 0.0131. The van der Waals surface area contributed by atoms with E-state index in [-0.39, 0.29) is 17.6 Å². The topological polar surface area (TPSA) is 32.3 Å². The number of nitrogens with one attached hydrogen (secondary N) is 1. The number of hydrogen-bond donors (Lipinski definition) is 1. The minimum atomic E-state index is -0.140. The van der Waals surface area contributed by atoms with Crippen LogP contribution >= 0.6 is 0 Å². The molecule has 0 radical (unpaired) electrons. The van der Waals surface area contributed by atoms with Crippen molar-refractivity contribution in [3.8, 4) is 0 Å². The summed E-state index contributed by atoms with van der Waals surface area (Å²) in [7, 11) is 1.63. The predicted molar refractivity (Wildman–Crippen MR) is 64.3 cm³/mol. The maximum Gasteiger partial charge on any atom is 0.233 e. The van der Waals surface area contributed by atoms with Gasteiger partial charge in [-0.05, 0) is 24.6 Å². The maximum absolute atomic E-state index is 13.6. The van der Waals surface area contributed by atoms with Gasteiger partial charge in [0.25, 0.3) is 0 Å². The number of carbonyl (C=O) groups is 1. The van der Waals surface area contributed by atoms with Gasteiger partial charge in [0.1, 0.15) is 5.82 Å². The molecule has 0 aliphatic carbocycles. The van der Waals surface area contributed by atoms with Crippen LogP contribution < -0.4 is 5.32 Å². The molecule has 0 unspecified atom stereocenters. The smallest absolute Gasteiger partial charge is 0.233 e. The van der Waals surface area contributed by atoms with Crippen molar-refractivity contribution in [1.82, 2.24) is 10.2 Å². The van der Waals surface area contributed by atoms with Gasteiger partial charge in [-0.1, -0.05) is 18.2 Å². The second-order valence-electron chi connectivity index (χ2n) is 4.42. The number of carbonyl (C=O) groups excluding carboxylic acids is 1. The second-order valence-corrected chi connectivity index (χ2v) is 4.42. The van der Waals surface area contributed by atoms with E-state index in [1.807, 2.05) is 12.1 Å². The number of hydrogen-bond acceptors (Lipinski definition) is 2. The highest BCUT2D eigenvalue weighted by molar-refractivity contribution is 5.77. The van der Waals surface area contributed by atoms with Crippen LogP contribution in [0.1, 0.15) is 17.9 Å². The summed E-state index contributed by atoms with van der Waals surface area (Å²) in [6, 6.07) is 6.90. The minimum Gasteiger partial charge on any atom is -0.358 e. The highest BCUT2D eigenvalue weighted by atomic mass is 19.1. The van der Waals surface area contributed by atoms with E-state index in [9.17, 15) is 9.18 Å². The van der Waals surface area contributed by atoms with Crippen LogP contribution in [0.15, 0.2) is 24.3 Å². The third-order valence-electron chi connectivity index (χ3n) is 3.26. The molecule has 3 nitrogen and oxygen atoms in total. The van der Waals surface area contributed by atoms with Crippen LogP contribution in [0.3, 0.4) is 0 Å². The fourth-order valence-electron chi connectivity index (χ4n) is 2.32. The average Bonchev–Trinajstić information content (AvgIpc) is 2.78. The highest BCUT2D eigenvalue weighted by Crippen LogP contribution is 2.28. The van der Waals surface area contributed by atoms with Gasteiger partial charge in [-0.25, -0.2) is 4.39 Å². The number of nitrogens with zero attached hydrogens (tertiary/aromatic N) is 1. The summed E-state index contributed by atoms with van der Waals surface area (Å²) in [6.45, 7) is 2.02. The Kier molecular flexibility index (Phi) is 3.74. The molecule has 0 bridgehead atoms. The number of amides is 1.